The number of hydrogen-bond donors (Lipinski definition) is 1. The van der Waals surface area contributed by atoms with E-state index in [1.165, 1.54) is 5.56 Å². The first-order valence-electron chi connectivity index (χ1n) is 3.15. The SMILES string of the molecule is NC1CC1c1ccoc1. The highest BCUT2D eigenvalue weighted by Crippen LogP contribution is 2.38. The van der Waals surface area contributed by atoms with Crippen molar-refractivity contribution < 1.29 is 4.42 Å². The van der Waals surface area contributed by atoms with Gasteiger partial charge in [0.15, 0.2) is 0 Å². The fourth-order valence-corrected chi connectivity index (χ4v) is 1.08. The van der Waals surface area contributed by atoms with E-state index >= 15 is 0 Å². The highest BCUT2D eigenvalue weighted by atomic mass is 16.3. The second-order valence-electron chi connectivity index (χ2n) is 2.56. The lowest BCUT2D eigenvalue weighted by molar-refractivity contribution is 0.564. The van der Waals surface area contributed by atoms with E-state index in [-0.39, 0.29) is 0 Å². The molecular weight excluding hydrogens is 114 g/mol. The zero-order valence-electron chi connectivity index (χ0n) is 5.08. The maximum Gasteiger partial charge on any atom is 0.0937 e. The molecule has 1 aromatic heterocycles. The highest BCUT2D eigenvalue weighted by Gasteiger charge is 2.35. The molecule has 1 heterocycles. The van der Waals surface area contributed by atoms with Gasteiger partial charge >= 0.3 is 0 Å². The predicted molar refractivity (Wildman–Crippen MR) is 34.0 cm³/mol. The van der Waals surface area contributed by atoms with Gasteiger partial charge in [-0.15, -0.1) is 0 Å². The third kappa shape index (κ3) is 0.754. The molecule has 2 N–H and O–H groups in total. The summed E-state index contributed by atoms with van der Waals surface area (Å²) in [5.74, 6) is 0.587. The average molecular weight is 123 g/mol. The Morgan fingerprint density at radius 2 is 2.44 bits per heavy atom. The molecule has 48 valence electrons. The molecule has 2 rings (SSSR count). The van der Waals surface area contributed by atoms with Crippen LogP contribution in [-0.4, -0.2) is 6.04 Å². The lowest BCUT2D eigenvalue weighted by Gasteiger charge is -1.85. The van der Waals surface area contributed by atoms with E-state index in [2.05, 4.69) is 0 Å². The lowest BCUT2D eigenvalue weighted by atomic mass is 10.2. The molecular formula is C7H9NO. The Hall–Kier alpha value is -0.760. The van der Waals surface area contributed by atoms with Crippen molar-refractivity contribution in [2.24, 2.45) is 5.73 Å². The van der Waals surface area contributed by atoms with Crippen LogP contribution in [0.5, 0.6) is 0 Å². The minimum Gasteiger partial charge on any atom is -0.472 e. The summed E-state index contributed by atoms with van der Waals surface area (Å²) in [7, 11) is 0. The first kappa shape index (κ1) is 5.06. The standard InChI is InChI=1S/C7H9NO/c8-7-3-6(7)5-1-2-9-4-5/h1-2,4,6-7H,3,8H2. The van der Waals surface area contributed by atoms with Crippen LogP contribution in [0, 0.1) is 0 Å². The van der Waals surface area contributed by atoms with Gasteiger partial charge in [-0.25, -0.2) is 0 Å². The smallest absolute Gasteiger partial charge is 0.0937 e. The summed E-state index contributed by atoms with van der Waals surface area (Å²) in [5, 5.41) is 0. The maximum atomic E-state index is 5.62. The molecule has 2 heteroatoms. The molecule has 1 saturated carbocycles. The van der Waals surface area contributed by atoms with Crippen LogP contribution >= 0.6 is 0 Å². The van der Waals surface area contributed by atoms with Crippen molar-refractivity contribution in [1.82, 2.24) is 0 Å². The molecule has 1 aromatic rings. The van der Waals surface area contributed by atoms with Crippen LogP contribution in [-0.2, 0) is 0 Å². The molecule has 0 amide bonds. The van der Waals surface area contributed by atoms with Crippen LogP contribution in [0.3, 0.4) is 0 Å². The van der Waals surface area contributed by atoms with Crippen molar-refractivity contribution in [3.05, 3.63) is 24.2 Å². The van der Waals surface area contributed by atoms with Gasteiger partial charge in [0.25, 0.3) is 0 Å². The third-order valence-electron chi connectivity index (χ3n) is 1.81. The minimum atomic E-state index is 0.391. The molecule has 1 aliphatic rings. The predicted octanol–water partition coefficient (Wildman–Crippen LogP) is 1.09. The zero-order chi connectivity index (χ0) is 6.27. The topological polar surface area (TPSA) is 39.2 Å². The van der Waals surface area contributed by atoms with E-state index < -0.39 is 0 Å². The molecule has 2 atom stereocenters. The van der Waals surface area contributed by atoms with E-state index in [1.54, 1.807) is 12.5 Å². The summed E-state index contributed by atoms with van der Waals surface area (Å²) in [6.07, 6.45) is 4.59. The molecule has 0 aliphatic heterocycles. The number of furan rings is 1. The van der Waals surface area contributed by atoms with Crippen LogP contribution in [0.2, 0.25) is 0 Å². The van der Waals surface area contributed by atoms with E-state index in [4.69, 9.17) is 10.2 Å². The molecule has 0 saturated heterocycles. The Morgan fingerprint density at radius 3 is 2.89 bits per heavy atom. The van der Waals surface area contributed by atoms with Crippen molar-refractivity contribution >= 4 is 0 Å². The Kier molecular flexibility index (Phi) is 0.904. The summed E-state index contributed by atoms with van der Waals surface area (Å²) in [6, 6.07) is 2.37. The molecule has 2 nitrogen and oxygen atoms in total. The average Bonchev–Trinajstić information content (AvgIpc) is 2.44. The largest absolute Gasteiger partial charge is 0.472 e. The second kappa shape index (κ2) is 1.61. The summed E-state index contributed by atoms with van der Waals surface area (Å²) in [5.41, 5.74) is 6.87. The van der Waals surface area contributed by atoms with Crippen LogP contribution in [0.4, 0.5) is 0 Å². The van der Waals surface area contributed by atoms with E-state index in [9.17, 15) is 0 Å². The lowest BCUT2D eigenvalue weighted by Crippen LogP contribution is -1.99. The van der Waals surface area contributed by atoms with Crippen molar-refractivity contribution in [2.45, 2.75) is 18.4 Å². The second-order valence-corrected chi connectivity index (χ2v) is 2.56. The van der Waals surface area contributed by atoms with Crippen LogP contribution in [0.25, 0.3) is 0 Å². The molecule has 0 radical (unpaired) electrons. The van der Waals surface area contributed by atoms with Gasteiger partial charge < -0.3 is 10.2 Å². The van der Waals surface area contributed by atoms with Gasteiger partial charge in [-0.2, -0.15) is 0 Å². The quantitative estimate of drug-likeness (QED) is 0.607. The third-order valence-corrected chi connectivity index (χ3v) is 1.81. The minimum absolute atomic E-state index is 0.391. The molecule has 2 unspecified atom stereocenters. The van der Waals surface area contributed by atoms with Crippen molar-refractivity contribution in [1.29, 1.82) is 0 Å². The molecule has 1 aliphatic carbocycles. The van der Waals surface area contributed by atoms with E-state index in [1.807, 2.05) is 6.07 Å². The van der Waals surface area contributed by atoms with Crippen LogP contribution < -0.4 is 5.73 Å². The molecule has 0 aromatic carbocycles. The Bertz CT molecular complexity index is 193. The van der Waals surface area contributed by atoms with Gasteiger partial charge in [0, 0.05) is 12.0 Å². The number of rotatable bonds is 1. The summed E-state index contributed by atoms with van der Waals surface area (Å²) < 4.78 is 4.91. The van der Waals surface area contributed by atoms with Crippen molar-refractivity contribution in [2.75, 3.05) is 0 Å². The maximum absolute atomic E-state index is 5.62. The summed E-state index contributed by atoms with van der Waals surface area (Å²) >= 11 is 0. The Balaban J connectivity index is 2.18. The van der Waals surface area contributed by atoms with Gasteiger partial charge in [0.1, 0.15) is 0 Å². The number of hydrogen-bond acceptors (Lipinski definition) is 2. The van der Waals surface area contributed by atoms with Gasteiger partial charge in [-0.3, -0.25) is 0 Å². The number of nitrogens with two attached hydrogens (primary N) is 1. The summed E-state index contributed by atoms with van der Waals surface area (Å²) in [6.45, 7) is 0. The molecule has 1 fully saturated rings. The van der Waals surface area contributed by atoms with Gasteiger partial charge in [0.05, 0.1) is 12.5 Å². The molecule has 0 spiro atoms. The first-order chi connectivity index (χ1) is 4.38. The fraction of sp³-hybridized carbons (Fsp3) is 0.429. The van der Waals surface area contributed by atoms with Gasteiger partial charge in [0.2, 0.25) is 0 Å². The first-order valence-corrected chi connectivity index (χ1v) is 3.15. The molecule has 0 bridgehead atoms. The van der Waals surface area contributed by atoms with E-state index in [0.29, 0.717) is 12.0 Å². The fourth-order valence-electron chi connectivity index (χ4n) is 1.08. The van der Waals surface area contributed by atoms with Crippen LogP contribution in [0.15, 0.2) is 23.0 Å². The monoisotopic (exact) mass is 123 g/mol. The molecule has 9 heavy (non-hydrogen) atoms. The normalized spacial score (nSPS) is 32.6. The van der Waals surface area contributed by atoms with Crippen molar-refractivity contribution in [3.63, 3.8) is 0 Å². The van der Waals surface area contributed by atoms with Crippen LogP contribution in [0.1, 0.15) is 17.9 Å². The van der Waals surface area contributed by atoms with E-state index in [0.717, 1.165) is 6.42 Å². The Morgan fingerprint density at radius 1 is 1.67 bits per heavy atom. The summed E-state index contributed by atoms with van der Waals surface area (Å²) in [4.78, 5) is 0. The van der Waals surface area contributed by atoms with Gasteiger partial charge in [-0.05, 0) is 18.1 Å². The Labute approximate surface area is 53.7 Å². The zero-order valence-corrected chi connectivity index (χ0v) is 5.08. The van der Waals surface area contributed by atoms with Crippen molar-refractivity contribution in [3.8, 4) is 0 Å². The van der Waals surface area contributed by atoms with Gasteiger partial charge in [-0.1, -0.05) is 0 Å². The highest BCUT2D eigenvalue weighted by molar-refractivity contribution is 5.22.